The van der Waals surface area contributed by atoms with Crippen molar-refractivity contribution in [3.05, 3.63) is 41.3 Å². The number of pyridine rings is 1. The van der Waals surface area contributed by atoms with E-state index < -0.39 is 0 Å². The minimum Gasteiger partial charge on any atom is -0.326 e. The molecule has 0 bridgehead atoms. The largest absolute Gasteiger partial charge is 0.326 e. The zero-order valence-corrected chi connectivity index (χ0v) is 10.3. The van der Waals surface area contributed by atoms with Gasteiger partial charge in [-0.2, -0.15) is 5.10 Å². The number of aryl methyl sites for hydroxylation is 2. The Morgan fingerprint density at radius 1 is 1.35 bits per heavy atom. The number of nitrogens with zero attached hydrogens (tertiary/aromatic N) is 3. The van der Waals surface area contributed by atoms with Gasteiger partial charge in [0.1, 0.15) is 0 Å². The van der Waals surface area contributed by atoms with Crippen LogP contribution in [0, 0.1) is 6.92 Å². The molecule has 4 nitrogen and oxygen atoms in total. The van der Waals surface area contributed by atoms with E-state index in [0.29, 0.717) is 6.54 Å². The molecule has 2 rings (SSSR count). The third kappa shape index (κ3) is 2.71. The lowest BCUT2D eigenvalue weighted by molar-refractivity contribution is 0.807. The van der Waals surface area contributed by atoms with Gasteiger partial charge in [0.2, 0.25) is 0 Å². The first-order valence-electron chi connectivity index (χ1n) is 5.94. The predicted octanol–water partition coefficient (Wildman–Crippen LogP) is 1.99. The van der Waals surface area contributed by atoms with Crippen molar-refractivity contribution in [2.45, 2.75) is 33.2 Å². The van der Waals surface area contributed by atoms with Crippen molar-refractivity contribution >= 4 is 0 Å². The smallest absolute Gasteiger partial charge is 0.153 e. The Bertz CT molecular complexity index is 502. The predicted molar refractivity (Wildman–Crippen MR) is 68.0 cm³/mol. The van der Waals surface area contributed by atoms with Gasteiger partial charge in [-0.05, 0) is 36.6 Å². The molecule has 0 atom stereocenters. The van der Waals surface area contributed by atoms with Gasteiger partial charge in [-0.3, -0.25) is 0 Å². The second-order valence-electron chi connectivity index (χ2n) is 4.24. The number of rotatable bonds is 4. The summed E-state index contributed by atoms with van der Waals surface area (Å²) in [6, 6.07) is 4.06. The topological polar surface area (TPSA) is 56.7 Å². The summed E-state index contributed by atoms with van der Waals surface area (Å²) in [6.07, 6.45) is 5.86. The molecule has 0 aromatic carbocycles. The van der Waals surface area contributed by atoms with Gasteiger partial charge in [-0.15, -0.1) is 0 Å². The molecule has 0 spiro atoms. The molecule has 2 aromatic rings. The van der Waals surface area contributed by atoms with Crippen molar-refractivity contribution < 1.29 is 0 Å². The van der Waals surface area contributed by atoms with E-state index in [2.05, 4.69) is 23.1 Å². The molecule has 90 valence electrons. The fourth-order valence-corrected chi connectivity index (χ4v) is 1.79. The van der Waals surface area contributed by atoms with Gasteiger partial charge < -0.3 is 5.73 Å². The van der Waals surface area contributed by atoms with Crippen LogP contribution in [0.25, 0.3) is 5.82 Å². The molecule has 2 heterocycles. The highest BCUT2D eigenvalue weighted by Gasteiger charge is 2.04. The highest BCUT2D eigenvalue weighted by atomic mass is 15.3. The quantitative estimate of drug-likeness (QED) is 0.873. The third-order valence-electron chi connectivity index (χ3n) is 2.61. The summed E-state index contributed by atoms with van der Waals surface area (Å²) in [5.41, 5.74) is 9.02. The van der Waals surface area contributed by atoms with E-state index in [1.165, 1.54) is 0 Å². The average Bonchev–Trinajstić information content (AvgIpc) is 2.76. The van der Waals surface area contributed by atoms with Gasteiger partial charge in [-0.1, -0.05) is 13.3 Å². The van der Waals surface area contributed by atoms with Gasteiger partial charge in [0, 0.05) is 18.4 Å². The van der Waals surface area contributed by atoms with Gasteiger partial charge in [-0.25, -0.2) is 9.67 Å². The Morgan fingerprint density at radius 2 is 2.18 bits per heavy atom. The molecular weight excluding hydrogens is 212 g/mol. The van der Waals surface area contributed by atoms with Crippen LogP contribution in [0.4, 0.5) is 0 Å². The van der Waals surface area contributed by atoms with Crippen molar-refractivity contribution in [1.82, 2.24) is 14.8 Å². The van der Waals surface area contributed by atoms with Gasteiger partial charge in [0.05, 0.1) is 6.20 Å². The molecule has 0 unspecified atom stereocenters. The second kappa shape index (κ2) is 5.10. The minimum atomic E-state index is 0.534. The number of aromatic nitrogens is 3. The van der Waals surface area contributed by atoms with Crippen LogP contribution >= 0.6 is 0 Å². The molecule has 2 aromatic heterocycles. The summed E-state index contributed by atoms with van der Waals surface area (Å²) in [5, 5.41) is 4.28. The van der Waals surface area contributed by atoms with Crippen LogP contribution in [-0.2, 0) is 13.0 Å². The van der Waals surface area contributed by atoms with E-state index in [-0.39, 0.29) is 0 Å². The van der Waals surface area contributed by atoms with E-state index in [4.69, 9.17) is 5.73 Å². The van der Waals surface area contributed by atoms with Crippen molar-refractivity contribution in [1.29, 1.82) is 0 Å². The van der Waals surface area contributed by atoms with Crippen LogP contribution in [-0.4, -0.2) is 14.8 Å². The van der Waals surface area contributed by atoms with Crippen molar-refractivity contribution in [2.24, 2.45) is 5.73 Å². The SMILES string of the molecule is CCCc1cc(CN)cc(-n2cc(C)cn2)n1. The number of hydrogen-bond acceptors (Lipinski definition) is 3. The van der Waals surface area contributed by atoms with Gasteiger partial charge in [0.25, 0.3) is 0 Å². The number of hydrogen-bond donors (Lipinski definition) is 1. The summed E-state index contributed by atoms with van der Waals surface area (Å²) >= 11 is 0. The van der Waals surface area contributed by atoms with Crippen LogP contribution in [0.2, 0.25) is 0 Å². The molecule has 4 heteroatoms. The lowest BCUT2D eigenvalue weighted by Gasteiger charge is -2.07. The molecule has 0 aliphatic heterocycles. The first-order valence-corrected chi connectivity index (χ1v) is 5.94. The first kappa shape index (κ1) is 11.8. The summed E-state index contributed by atoms with van der Waals surface area (Å²) in [6.45, 7) is 4.70. The Labute approximate surface area is 101 Å². The molecular formula is C13H18N4. The van der Waals surface area contributed by atoms with Crippen molar-refractivity contribution in [2.75, 3.05) is 0 Å². The lowest BCUT2D eigenvalue weighted by Crippen LogP contribution is -2.05. The maximum atomic E-state index is 5.71. The van der Waals surface area contributed by atoms with Gasteiger partial charge >= 0.3 is 0 Å². The van der Waals surface area contributed by atoms with E-state index in [0.717, 1.165) is 35.5 Å². The van der Waals surface area contributed by atoms with E-state index in [9.17, 15) is 0 Å². The maximum Gasteiger partial charge on any atom is 0.153 e. The summed E-state index contributed by atoms with van der Waals surface area (Å²) in [5.74, 6) is 0.851. The molecule has 0 saturated carbocycles. The average molecular weight is 230 g/mol. The fourth-order valence-electron chi connectivity index (χ4n) is 1.79. The Morgan fingerprint density at radius 3 is 2.76 bits per heavy atom. The monoisotopic (exact) mass is 230 g/mol. The van der Waals surface area contributed by atoms with Crippen molar-refractivity contribution in [3.63, 3.8) is 0 Å². The molecule has 0 amide bonds. The highest BCUT2D eigenvalue weighted by molar-refractivity contribution is 5.31. The molecule has 0 radical (unpaired) electrons. The normalized spacial score (nSPS) is 10.8. The summed E-state index contributed by atoms with van der Waals surface area (Å²) < 4.78 is 1.80. The molecule has 2 N–H and O–H groups in total. The Balaban J connectivity index is 2.42. The van der Waals surface area contributed by atoms with Crippen LogP contribution in [0.1, 0.15) is 30.2 Å². The fraction of sp³-hybridized carbons (Fsp3) is 0.385. The zero-order chi connectivity index (χ0) is 12.3. The maximum absolute atomic E-state index is 5.71. The molecule has 0 saturated heterocycles. The Hall–Kier alpha value is -1.68. The number of nitrogens with two attached hydrogens (primary N) is 1. The molecule has 0 aliphatic rings. The highest BCUT2D eigenvalue weighted by Crippen LogP contribution is 2.11. The van der Waals surface area contributed by atoms with Crippen LogP contribution in [0.15, 0.2) is 24.5 Å². The van der Waals surface area contributed by atoms with E-state index >= 15 is 0 Å². The van der Waals surface area contributed by atoms with Gasteiger partial charge in [0.15, 0.2) is 5.82 Å². The van der Waals surface area contributed by atoms with Crippen LogP contribution < -0.4 is 5.73 Å². The van der Waals surface area contributed by atoms with Crippen LogP contribution in [0.3, 0.4) is 0 Å². The first-order chi connectivity index (χ1) is 8.22. The third-order valence-corrected chi connectivity index (χ3v) is 2.61. The zero-order valence-electron chi connectivity index (χ0n) is 10.3. The van der Waals surface area contributed by atoms with Crippen molar-refractivity contribution in [3.8, 4) is 5.82 Å². The van der Waals surface area contributed by atoms with Crippen LogP contribution in [0.5, 0.6) is 0 Å². The minimum absolute atomic E-state index is 0.534. The standard InChI is InChI=1S/C13H18N4/c1-3-4-12-5-11(7-14)6-13(16-12)17-9-10(2)8-15-17/h5-6,8-9H,3-4,7,14H2,1-2H3. The lowest BCUT2D eigenvalue weighted by atomic mass is 10.1. The second-order valence-corrected chi connectivity index (χ2v) is 4.24. The summed E-state index contributed by atoms with van der Waals surface area (Å²) in [7, 11) is 0. The Kier molecular flexibility index (Phi) is 3.54. The molecule has 0 aliphatic carbocycles. The van der Waals surface area contributed by atoms with E-state index in [1.54, 1.807) is 4.68 Å². The van der Waals surface area contributed by atoms with E-state index in [1.807, 2.05) is 25.4 Å². The summed E-state index contributed by atoms with van der Waals surface area (Å²) in [4.78, 5) is 4.60. The molecule has 17 heavy (non-hydrogen) atoms. The molecule has 0 fully saturated rings.